The molecule has 0 saturated carbocycles. The number of ether oxygens (including phenoxy) is 2. The normalized spacial score (nSPS) is 14.1. The first kappa shape index (κ1) is 24.1. The van der Waals surface area contributed by atoms with Crippen molar-refractivity contribution >= 4 is 46.4 Å². The van der Waals surface area contributed by atoms with Gasteiger partial charge in [0.15, 0.2) is 22.6 Å². The largest absolute Gasteiger partial charge is 0.490 e. The fourth-order valence-corrected chi connectivity index (χ4v) is 3.95. The number of nitrogens with zero attached hydrogens (tertiary/aromatic N) is 5. The molecule has 2 aromatic heterocycles. The zero-order chi connectivity index (χ0) is 21.5. The van der Waals surface area contributed by atoms with Gasteiger partial charge in [0.1, 0.15) is 0 Å². The molecule has 10 heteroatoms. The third kappa shape index (κ3) is 6.22. The van der Waals surface area contributed by atoms with Crippen LogP contribution in [0.15, 0.2) is 59.2 Å². The Bertz CT molecular complexity index is 992. The number of benzene rings is 1. The van der Waals surface area contributed by atoms with Crippen molar-refractivity contribution in [3.63, 3.8) is 0 Å². The van der Waals surface area contributed by atoms with Crippen LogP contribution in [0.5, 0.6) is 17.4 Å². The molecule has 1 aromatic carbocycles. The Morgan fingerprint density at radius 3 is 2.53 bits per heavy atom. The van der Waals surface area contributed by atoms with Crippen LogP contribution in [-0.2, 0) is 6.54 Å². The molecule has 4 rings (SSSR count). The average molecular weight is 566 g/mol. The molecule has 0 radical (unpaired) electrons. The van der Waals surface area contributed by atoms with Gasteiger partial charge < -0.3 is 25.0 Å². The number of hydrogen-bond acceptors (Lipinski definition) is 7. The summed E-state index contributed by atoms with van der Waals surface area (Å²) in [6.07, 6.45) is 3.60. The third-order valence-electron chi connectivity index (χ3n) is 4.88. The van der Waals surface area contributed by atoms with E-state index in [1.54, 1.807) is 17.5 Å². The third-order valence-corrected chi connectivity index (χ3v) is 5.71. The zero-order valence-corrected chi connectivity index (χ0v) is 21.0. The molecule has 0 amide bonds. The summed E-state index contributed by atoms with van der Waals surface area (Å²) in [6.45, 7) is 6.43. The Kier molecular flexibility index (Phi) is 8.91. The molecule has 170 valence electrons. The van der Waals surface area contributed by atoms with E-state index in [0.29, 0.717) is 36.5 Å². The second-order valence-electron chi connectivity index (χ2n) is 6.95. The Morgan fingerprint density at radius 2 is 1.88 bits per heavy atom. The second kappa shape index (κ2) is 11.9. The van der Waals surface area contributed by atoms with Gasteiger partial charge in [-0.2, -0.15) is 0 Å². The van der Waals surface area contributed by atoms with Gasteiger partial charge in [-0.05, 0) is 24.6 Å². The van der Waals surface area contributed by atoms with E-state index in [-0.39, 0.29) is 24.0 Å². The molecule has 1 saturated heterocycles. The number of thiazole rings is 1. The highest BCUT2D eigenvalue weighted by atomic mass is 127. The summed E-state index contributed by atoms with van der Waals surface area (Å²) in [5.41, 5.74) is 7.19. The smallest absolute Gasteiger partial charge is 0.219 e. The lowest BCUT2D eigenvalue weighted by molar-refractivity contribution is 0.319. The summed E-state index contributed by atoms with van der Waals surface area (Å²) < 4.78 is 11.5. The number of halogens is 1. The van der Waals surface area contributed by atoms with Crippen LogP contribution in [0.4, 0.5) is 5.13 Å². The molecular formula is C22H27IN6O2S. The van der Waals surface area contributed by atoms with E-state index in [4.69, 9.17) is 15.2 Å². The quantitative estimate of drug-likeness (QED) is 0.263. The van der Waals surface area contributed by atoms with Gasteiger partial charge in [0.25, 0.3) is 0 Å². The molecule has 3 heterocycles. The Morgan fingerprint density at radius 1 is 1.09 bits per heavy atom. The number of aromatic nitrogens is 2. The monoisotopic (exact) mass is 566 g/mol. The highest BCUT2D eigenvalue weighted by molar-refractivity contribution is 14.0. The fourth-order valence-electron chi connectivity index (χ4n) is 3.26. The molecule has 8 nitrogen and oxygen atoms in total. The standard InChI is InChI=1S/C22H26N6O2S.HI/c1-2-29-18-5-3-4-6-19(18)30-20-8-7-17(15-25-20)16-26-21(23)27-10-12-28(13-11-27)22-24-9-14-31-22;/h3-9,14-15H,2,10-13,16H2,1H3,(H2,23,26);1H. The van der Waals surface area contributed by atoms with Crippen molar-refractivity contribution in [3.05, 3.63) is 59.7 Å². The SMILES string of the molecule is CCOc1ccccc1Oc1ccc(CN=C(N)N2CCN(c3nccs3)CC2)cn1.I. The van der Waals surface area contributed by atoms with Crippen LogP contribution in [0.1, 0.15) is 12.5 Å². The predicted octanol–water partition coefficient (Wildman–Crippen LogP) is 3.98. The van der Waals surface area contributed by atoms with Gasteiger partial charge in [-0.15, -0.1) is 35.3 Å². The molecule has 3 aromatic rings. The highest BCUT2D eigenvalue weighted by Gasteiger charge is 2.19. The molecule has 0 aliphatic carbocycles. The van der Waals surface area contributed by atoms with Crippen molar-refractivity contribution < 1.29 is 9.47 Å². The average Bonchev–Trinajstić information content (AvgIpc) is 3.35. The maximum atomic E-state index is 6.22. The van der Waals surface area contributed by atoms with E-state index in [1.165, 1.54) is 0 Å². The van der Waals surface area contributed by atoms with Crippen LogP contribution < -0.4 is 20.1 Å². The van der Waals surface area contributed by atoms with E-state index < -0.39 is 0 Å². The minimum atomic E-state index is 0. The van der Waals surface area contributed by atoms with Gasteiger partial charge in [-0.25, -0.2) is 15.0 Å². The number of para-hydroxylation sites is 2. The number of anilines is 1. The predicted molar refractivity (Wildman–Crippen MR) is 139 cm³/mol. The van der Waals surface area contributed by atoms with E-state index in [1.807, 2.05) is 54.9 Å². The first-order valence-electron chi connectivity index (χ1n) is 10.3. The number of guanidine groups is 1. The number of pyridine rings is 1. The van der Waals surface area contributed by atoms with Crippen LogP contribution in [0.3, 0.4) is 0 Å². The highest BCUT2D eigenvalue weighted by Crippen LogP contribution is 2.30. The van der Waals surface area contributed by atoms with Crippen molar-refractivity contribution in [2.75, 3.05) is 37.7 Å². The molecule has 32 heavy (non-hydrogen) atoms. The van der Waals surface area contributed by atoms with Crippen molar-refractivity contribution in [1.29, 1.82) is 0 Å². The van der Waals surface area contributed by atoms with Crippen molar-refractivity contribution in [2.24, 2.45) is 10.7 Å². The van der Waals surface area contributed by atoms with Crippen molar-refractivity contribution in [1.82, 2.24) is 14.9 Å². The van der Waals surface area contributed by atoms with Crippen LogP contribution in [0.2, 0.25) is 0 Å². The van der Waals surface area contributed by atoms with Gasteiger partial charge in [0.05, 0.1) is 13.2 Å². The lowest BCUT2D eigenvalue weighted by Gasteiger charge is -2.35. The molecule has 0 spiro atoms. The van der Waals surface area contributed by atoms with E-state index in [9.17, 15) is 0 Å². The summed E-state index contributed by atoms with van der Waals surface area (Å²) in [6, 6.07) is 11.3. The number of piperazine rings is 1. The van der Waals surface area contributed by atoms with E-state index >= 15 is 0 Å². The Hall–Kier alpha value is -2.60. The Labute approximate surface area is 209 Å². The van der Waals surface area contributed by atoms with Crippen LogP contribution >= 0.6 is 35.3 Å². The molecule has 1 aliphatic rings. The molecule has 0 atom stereocenters. The van der Waals surface area contributed by atoms with Gasteiger partial charge in [0, 0.05) is 50.0 Å². The minimum absolute atomic E-state index is 0. The van der Waals surface area contributed by atoms with Gasteiger partial charge in [0.2, 0.25) is 5.88 Å². The minimum Gasteiger partial charge on any atom is -0.490 e. The van der Waals surface area contributed by atoms with Crippen LogP contribution in [0, 0.1) is 0 Å². The van der Waals surface area contributed by atoms with Crippen molar-refractivity contribution in [2.45, 2.75) is 13.5 Å². The number of aliphatic imine (C=N–C) groups is 1. The number of hydrogen-bond donors (Lipinski definition) is 1. The molecule has 2 N–H and O–H groups in total. The summed E-state index contributed by atoms with van der Waals surface area (Å²) >= 11 is 1.66. The lowest BCUT2D eigenvalue weighted by atomic mass is 10.3. The number of rotatable bonds is 7. The maximum Gasteiger partial charge on any atom is 0.219 e. The van der Waals surface area contributed by atoms with E-state index in [0.717, 1.165) is 36.9 Å². The number of nitrogens with two attached hydrogens (primary N) is 1. The summed E-state index contributed by atoms with van der Waals surface area (Å²) in [5, 5.41) is 3.06. The molecule has 0 unspecified atom stereocenters. The first-order valence-corrected chi connectivity index (χ1v) is 11.1. The van der Waals surface area contributed by atoms with Crippen LogP contribution in [0.25, 0.3) is 0 Å². The zero-order valence-electron chi connectivity index (χ0n) is 17.9. The van der Waals surface area contributed by atoms with Gasteiger partial charge >= 0.3 is 0 Å². The van der Waals surface area contributed by atoms with Crippen LogP contribution in [-0.4, -0.2) is 53.6 Å². The van der Waals surface area contributed by atoms with Crippen molar-refractivity contribution in [3.8, 4) is 17.4 Å². The second-order valence-corrected chi connectivity index (χ2v) is 7.82. The summed E-state index contributed by atoms with van der Waals surface area (Å²) in [4.78, 5) is 17.7. The van der Waals surface area contributed by atoms with Gasteiger partial charge in [-0.1, -0.05) is 18.2 Å². The topological polar surface area (TPSA) is 89.1 Å². The molecular weight excluding hydrogens is 539 g/mol. The van der Waals surface area contributed by atoms with Gasteiger partial charge in [-0.3, -0.25) is 0 Å². The molecule has 0 bridgehead atoms. The van der Waals surface area contributed by atoms with E-state index in [2.05, 4.69) is 24.8 Å². The molecule has 1 fully saturated rings. The summed E-state index contributed by atoms with van der Waals surface area (Å²) in [7, 11) is 0. The maximum absolute atomic E-state index is 6.22. The fraction of sp³-hybridized carbons (Fsp3) is 0.318. The Balaban J connectivity index is 0.00000289. The lowest BCUT2D eigenvalue weighted by Crippen LogP contribution is -2.51. The molecule has 1 aliphatic heterocycles. The first-order chi connectivity index (χ1) is 15.2. The summed E-state index contributed by atoms with van der Waals surface area (Å²) in [5.74, 6) is 2.41.